The molecule has 4 rings (SSSR count). The third-order valence-electron chi connectivity index (χ3n) is 5.20. The Morgan fingerprint density at radius 1 is 1.06 bits per heavy atom. The monoisotopic (exact) mass is 505 g/mol. The number of hydrogen-bond donors (Lipinski definition) is 2. The third kappa shape index (κ3) is 4.99. The topological polar surface area (TPSA) is 86.5 Å². The molecule has 0 aliphatic rings. The molecule has 1 amide bonds. The Labute approximate surface area is 201 Å². The number of hydrogen-bond acceptors (Lipinski definition) is 6. The van der Waals surface area contributed by atoms with E-state index in [2.05, 4.69) is 10.3 Å². The summed E-state index contributed by atoms with van der Waals surface area (Å²) >= 11 is 0.756. The number of aromatic nitrogens is 1. The van der Waals surface area contributed by atoms with E-state index in [9.17, 15) is 22.4 Å². The summed E-state index contributed by atoms with van der Waals surface area (Å²) in [7, 11) is 2.94. The summed E-state index contributed by atoms with van der Waals surface area (Å²) in [5, 5.41) is 2.18. The van der Waals surface area contributed by atoms with Crippen molar-refractivity contribution in [2.24, 2.45) is 0 Å². The lowest BCUT2D eigenvalue weighted by molar-refractivity contribution is -0.136. The van der Waals surface area contributed by atoms with E-state index in [1.54, 1.807) is 18.2 Å². The third-order valence-corrected chi connectivity index (χ3v) is 6.30. The molecule has 0 aliphatic heterocycles. The predicted molar refractivity (Wildman–Crippen MR) is 126 cm³/mol. The smallest absolute Gasteiger partial charge is 0.417 e. The fourth-order valence-corrected chi connectivity index (χ4v) is 4.61. The van der Waals surface area contributed by atoms with E-state index >= 15 is 0 Å². The van der Waals surface area contributed by atoms with Gasteiger partial charge in [0.1, 0.15) is 15.5 Å². The number of anilines is 2. The largest absolute Gasteiger partial charge is 0.493 e. The summed E-state index contributed by atoms with van der Waals surface area (Å²) < 4.78 is 65.5. The van der Waals surface area contributed by atoms with Gasteiger partial charge in [-0.2, -0.15) is 13.2 Å². The number of rotatable bonds is 6. The van der Waals surface area contributed by atoms with Crippen molar-refractivity contribution in [3.05, 3.63) is 76.0 Å². The highest BCUT2D eigenvalue weighted by atomic mass is 32.1. The molecule has 0 bridgehead atoms. The number of fused-ring (bicyclic) bond motifs is 1. The second-order valence-corrected chi connectivity index (χ2v) is 8.51. The number of nitrogen functional groups attached to an aromatic ring is 1. The molecule has 2 heterocycles. The van der Waals surface area contributed by atoms with Crippen LogP contribution in [0, 0.1) is 5.82 Å². The van der Waals surface area contributed by atoms with Crippen molar-refractivity contribution in [3.63, 3.8) is 0 Å². The molecule has 3 N–H and O–H groups in total. The van der Waals surface area contributed by atoms with Gasteiger partial charge < -0.3 is 20.5 Å². The van der Waals surface area contributed by atoms with Gasteiger partial charge in [0.2, 0.25) is 0 Å². The average molecular weight is 505 g/mol. The normalized spacial score (nSPS) is 11.5. The molecule has 0 atom stereocenters. The standard InChI is InChI=1S/C24H19F4N3O3S/c1-33-17-8-3-12(10-18(17)34-2)9-15-11-16(24(26,27)28)19-20(29)21(35-23(19)31-15)22(32)30-14-6-4-13(25)5-7-14/h3-8,10-11H,9,29H2,1-2H3,(H,30,32). The Hall–Kier alpha value is -3.86. The summed E-state index contributed by atoms with van der Waals surface area (Å²) in [5.74, 6) is -0.294. The molecular weight excluding hydrogens is 486 g/mol. The van der Waals surface area contributed by atoms with Crippen LogP contribution in [0.15, 0.2) is 48.5 Å². The minimum Gasteiger partial charge on any atom is -0.493 e. The van der Waals surface area contributed by atoms with Gasteiger partial charge in [-0.3, -0.25) is 4.79 Å². The zero-order chi connectivity index (χ0) is 25.3. The molecular formula is C24H19F4N3O3S. The SMILES string of the molecule is COc1ccc(Cc2cc(C(F)(F)F)c3c(N)c(C(=O)Nc4ccc(F)cc4)sc3n2)cc1OC. The number of thiophene rings is 1. The molecule has 0 fully saturated rings. The van der Waals surface area contributed by atoms with Crippen molar-refractivity contribution >= 4 is 38.8 Å². The number of alkyl halides is 3. The highest BCUT2D eigenvalue weighted by Crippen LogP contribution is 2.42. The van der Waals surface area contributed by atoms with Crippen molar-refractivity contribution in [2.45, 2.75) is 12.6 Å². The number of pyridine rings is 1. The zero-order valence-electron chi connectivity index (χ0n) is 18.5. The Bertz CT molecular complexity index is 1400. The number of halogens is 4. The molecule has 0 aliphatic carbocycles. The lowest BCUT2D eigenvalue weighted by atomic mass is 10.0. The summed E-state index contributed by atoms with van der Waals surface area (Å²) in [6, 6.07) is 10.9. The number of carbonyl (C=O) groups is 1. The summed E-state index contributed by atoms with van der Waals surface area (Å²) in [4.78, 5) is 17.0. The van der Waals surface area contributed by atoms with Crippen LogP contribution in [0.3, 0.4) is 0 Å². The van der Waals surface area contributed by atoms with Gasteiger partial charge in [0.05, 0.1) is 25.5 Å². The van der Waals surface area contributed by atoms with Gasteiger partial charge >= 0.3 is 6.18 Å². The molecule has 35 heavy (non-hydrogen) atoms. The number of nitrogens with two attached hydrogens (primary N) is 1. The fourth-order valence-electron chi connectivity index (χ4n) is 3.58. The predicted octanol–water partition coefficient (Wildman–Crippen LogP) is 5.90. The van der Waals surface area contributed by atoms with E-state index in [0.29, 0.717) is 17.1 Å². The molecule has 2 aromatic heterocycles. The van der Waals surface area contributed by atoms with Gasteiger partial charge in [0.15, 0.2) is 11.5 Å². The summed E-state index contributed by atoms with van der Waals surface area (Å²) in [6.45, 7) is 0. The Kier molecular flexibility index (Phi) is 6.53. The van der Waals surface area contributed by atoms with E-state index in [4.69, 9.17) is 15.2 Å². The van der Waals surface area contributed by atoms with Crippen LogP contribution in [0.2, 0.25) is 0 Å². The number of methoxy groups -OCH3 is 2. The van der Waals surface area contributed by atoms with Crippen LogP contribution < -0.4 is 20.5 Å². The van der Waals surface area contributed by atoms with Gasteiger partial charge in [-0.1, -0.05) is 6.07 Å². The summed E-state index contributed by atoms with van der Waals surface area (Å²) in [6.07, 6.45) is -4.65. The second-order valence-electron chi connectivity index (χ2n) is 7.51. The maximum atomic E-state index is 14.0. The molecule has 0 radical (unpaired) electrons. The van der Waals surface area contributed by atoms with Crippen molar-refractivity contribution in [1.82, 2.24) is 4.98 Å². The van der Waals surface area contributed by atoms with Crippen LogP contribution in [0.1, 0.15) is 26.5 Å². The van der Waals surface area contributed by atoms with E-state index in [-0.39, 0.29) is 38.6 Å². The molecule has 0 saturated heterocycles. The molecule has 0 spiro atoms. The molecule has 11 heteroatoms. The van der Waals surface area contributed by atoms with Gasteiger partial charge in [-0.05, 0) is 48.0 Å². The maximum absolute atomic E-state index is 14.0. The van der Waals surface area contributed by atoms with Gasteiger partial charge in [-0.25, -0.2) is 9.37 Å². The minimum absolute atomic E-state index is 0.0166. The van der Waals surface area contributed by atoms with Crippen LogP contribution in [0.25, 0.3) is 10.2 Å². The molecule has 0 unspecified atom stereocenters. The van der Waals surface area contributed by atoms with Crippen LogP contribution in [-0.4, -0.2) is 25.1 Å². The maximum Gasteiger partial charge on any atom is 0.417 e. The number of benzene rings is 2. The average Bonchev–Trinajstić information content (AvgIpc) is 3.15. The van der Waals surface area contributed by atoms with E-state index in [0.717, 1.165) is 29.5 Å². The molecule has 2 aromatic carbocycles. The quantitative estimate of drug-likeness (QED) is 0.319. The lowest BCUT2D eigenvalue weighted by Crippen LogP contribution is -2.12. The molecule has 0 saturated carbocycles. The lowest BCUT2D eigenvalue weighted by Gasteiger charge is -2.12. The fraction of sp³-hybridized carbons (Fsp3) is 0.167. The number of carbonyl (C=O) groups excluding carboxylic acids is 1. The van der Waals surface area contributed by atoms with Crippen molar-refractivity contribution in [3.8, 4) is 11.5 Å². The Morgan fingerprint density at radius 2 is 1.74 bits per heavy atom. The van der Waals surface area contributed by atoms with E-state index in [1.165, 1.54) is 26.4 Å². The molecule has 6 nitrogen and oxygen atoms in total. The first-order valence-electron chi connectivity index (χ1n) is 10.2. The van der Waals surface area contributed by atoms with E-state index < -0.39 is 23.5 Å². The van der Waals surface area contributed by atoms with Crippen molar-refractivity contribution in [2.75, 3.05) is 25.3 Å². The Balaban J connectivity index is 1.75. The van der Waals surface area contributed by atoms with Crippen LogP contribution in [-0.2, 0) is 12.6 Å². The summed E-state index contributed by atoms with van der Waals surface area (Å²) in [5.41, 5.74) is 5.78. The van der Waals surface area contributed by atoms with Crippen molar-refractivity contribution in [1.29, 1.82) is 0 Å². The first kappa shape index (κ1) is 24.3. The van der Waals surface area contributed by atoms with Gasteiger partial charge in [-0.15, -0.1) is 11.3 Å². The highest BCUT2D eigenvalue weighted by Gasteiger charge is 2.36. The second kappa shape index (κ2) is 9.41. The first-order chi connectivity index (χ1) is 16.6. The van der Waals surface area contributed by atoms with E-state index in [1.807, 2.05) is 0 Å². The number of nitrogens with zero attached hydrogens (tertiary/aromatic N) is 1. The van der Waals surface area contributed by atoms with Crippen LogP contribution >= 0.6 is 11.3 Å². The molecule has 4 aromatic rings. The minimum atomic E-state index is -4.73. The van der Waals surface area contributed by atoms with Gasteiger partial charge in [0, 0.05) is 23.2 Å². The highest BCUT2D eigenvalue weighted by molar-refractivity contribution is 7.21. The Morgan fingerprint density at radius 3 is 2.37 bits per heavy atom. The number of ether oxygens (including phenoxy) is 2. The van der Waals surface area contributed by atoms with Crippen LogP contribution in [0.5, 0.6) is 11.5 Å². The van der Waals surface area contributed by atoms with Crippen molar-refractivity contribution < 1.29 is 31.8 Å². The van der Waals surface area contributed by atoms with Gasteiger partial charge in [0.25, 0.3) is 5.91 Å². The zero-order valence-corrected chi connectivity index (χ0v) is 19.3. The molecule has 182 valence electrons. The van der Waals surface area contributed by atoms with Crippen LogP contribution in [0.4, 0.5) is 28.9 Å². The first-order valence-corrected chi connectivity index (χ1v) is 11.0. The number of nitrogens with one attached hydrogen (secondary N) is 1. The number of amides is 1.